The van der Waals surface area contributed by atoms with E-state index in [2.05, 4.69) is 30.5 Å². The van der Waals surface area contributed by atoms with Gasteiger partial charge < -0.3 is 15.2 Å². The van der Waals surface area contributed by atoms with Crippen molar-refractivity contribution in [2.75, 3.05) is 13.1 Å². The summed E-state index contributed by atoms with van der Waals surface area (Å²) in [4.78, 5) is 20.9. The SMILES string of the molecule is CC(C)C(c1nc(-c2cccc(Cl)c2)cn1Cc1ccccc1)N(CCCN)C(=O)c1ccccc1Cl. The molecule has 2 N–H and O–H groups in total. The summed E-state index contributed by atoms with van der Waals surface area (Å²) in [5.74, 6) is 0.760. The van der Waals surface area contributed by atoms with Crippen molar-refractivity contribution in [3.63, 3.8) is 0 Å². The molecule has 37 heavy (non-hydrogen) atoms. The number of nitrogens with two attached hydrogens (primary N) is 1. The zero-order valence-corrected chi connectivity index (χ0v) is 22.7. The van der Waals surface area contributed by atoms with Crippen molar-refractivity contribution in [2.24, 2.45) is 11.7 Å². The second kappa shape index (κ2) is 12.4. The van der Waals surface area contributed by atoms with Gasteiger partial charge in [-0.25, -0.2) is 4.98 Å². The maximum absolute atomic E-state index is 13.9. The van der Waals surface area contributed by atoms with Gasteiger partial charge in [-0.05, 0) is 48.7 Å². The van der Waals surface area contributed by atoms with E-state index in [1.165, 1.54) is 0 Å². The van der Waals surface area contributed by atoms with E-state index in [0.717, 1.165) is 22.6 Å². The summed E-state index contributed by atoms with van der Waals surface area (Å²) in [6, 6.07) is 24.8. The van der Waals surface area contributed by atoms with Gasteiger partial charge in [0.2, 0.25) is 0 Å². The van der Waals surface area contributed by atoms with Crippen molar-refractivity contribution < 1.29 is 4.79 Å². The van der Waals surface area contributed by atoms with E-state index < -0.39 is 0 Å². The van der Waals surface area contributed by atoms with Gasteiger partial charge in [0.15, 0.2) is 0 Å². The first-order chi connectivity index (χ1) is 17.9. The lowest BCUT2D eigenvalue weighted by atomic mass is 9.99. The first-order valence-electron chi connectivity index (χ1n) is 12.5. The average Bonchev–Trinajstić information content (AvgIpc) is 3.29. The molecule has 0 spiro atoms. The molecule has 192 valence electrons. The molecule has 1 unspecified atom stereocenters. The Labute approximate surface area is 228 Å². The van der Waals surface area contributed by atoms with Gasteiger partial charge in [-0.3, -0.25) is 4.79 Å². The Morgan fingerprint density at radius 2 is 1.73 bits per heavy atom. The first-order valence-corrected chi connectivity index (χ1v) is 13.3. The Morgan fingerprint density at radius 1 is 1.00 bits per heavy atom. The molecule has 0 saturated heterocycles. The number of amides is 1. The van der Waals surface area contributed by atoms with Crippen LogP contribution in [0, 0.1) is 5.92 Å². The smallest absolute Gasteiger partial charge is 0.255 e. The van der Waals surface area contributed by atoms with Gasteiger partial charge >= 0.3 is 0 Å². The van der Waals surface area contributed by atoms with Crippen LogP contribution in [0.25, 0.3) is 11.3 Å². The van der Waals surface area contributed by atoms with Gasteiger partial charge in [-0.2, -0.15) is 0 Å². The van der Waals surface area contributed by atoms with E-state index in [-0.39, 0.29) is 17.9 Å². The lowest BCUT2D eigenvalue weighted by Crippen LogP contribution is -2.40. The zero-order chi connectivity index (χ0) is 26.4. The molecule has 1 aromatic heterocycles. The normalized spacial score (nSPS) is 12.1. The molecule has 1 amide bonds. The minimum atomic E-state index is -0.299. The predicted octanol–water partition coefficient (Wildman–Crippen LogP) is 7.09. The average molecular weight is 536 g/mol. The molecule has 0 bridgehead atoms. The van der Waals surface area contributed by atoms with Crippen molar-refractivity contribution in [1.82, 2.24) is 14.5 Å². The first kappa shape index (κ1) is 26.9. The van der Waals surface area contributed by atoms with Gasteiger partial charge in [0.25, 0.3) is 5.91 Å². The summed E-state index contributed by atoms with van der Waals surface area (Å²) in [7, 11) is 0. The highest BCUT2D eigenvalue weighted by molar-refractivity contribution is 6.33. The van der Waals surface area contributed by atoms with Crippen LogP contribution in [-0.2, 0) is 6.54 Å². The molecule has 0 saturated carbocycles. The summed E-state index contributed by atoms with van der Waals surface area (Å²) < 4.78 is 2.14. The summed E-state index contributed by atoms with van der Waals surface area (Å²) in [5, 5.41) is 1.08. The number of hydrogen-bond acceptors (Lipinski definition) is 3. The molecule has 1 atom stereocenters. The third-order valence-corrected chi connectivity index (χ3v) is 6.89. The molecule has 0 aliphatic rings. The molecule has 3 aromatic carbocycles. The molecule has 4 rings (SSSR count). The van der Waals surface area contributed by atoms with E-state index >= 15 is 0 Å². The maximum atomic E-state index is 13.9. The van der Waals surface area contributed by atoms with E-state index in [1.54, 1.807) is 12.1 Å². The number of benzene rings is 3. The predicted molar refractivity (Wildman–Crippen MR) is 152 cm³/mol. The highest BCUT2D eigenvalue weighted by Gasteiger charge is 2.33. The Hall–Kier alpha value is -3.12. The minimum Gasteiger partial charge on any atom is -0.330 e. The molecular formula is C30H32Cl2N4O. The number of nitrogens with zero attached hydrogens (tertiary/aromatic N) is 3. The van der Waals surface area contributed by atoms with Crippen LogP contribution in [-0.4, -0.2) is 33.4 Å². The van der Waals surface area contributed by atoms with Crippen molar-refractivity contribution in [2.45, 2.75) is 32.9 Å². The van der Waals surface area contributed by atoms with Gasteiger partial charge in [0.05, 0.1) is 22.3 Å². The molecule has 0 fully saturated rings. The summed E-state index contributed by atoms with van der Waals surface area (Å²) in [5.41, 5.74) is 9.24. The standard InChI is InChI=1S/C30H32Cl2N4O/c1-21(2)28(36(17-9-16-33)30(37)25-14-6-7-15-26(25)32)29-34-27(23-12-8-13-24(31)18-23)20-35(29)19-22-10-4-3-5-11-22/h3-8,10-15,18,20-21,28H,9,16-17,19,33H2,1-2H3. The summed E-state index contributed by atoms with van der Waals surface area (Å²) in [6.45, 7) is 5.82. The van der Waals surface area contributed by atoms with E-state index in [4.69, 9.17) is 33.9 Å². The lowest BCUT2D eigenvalue weighted by Gasteiger charge is -2.35. The molecule has 4 aromatic rings. The van der Waals surface area contributed by atoms with Crippen molar-refractivity contribution >= 4 is 29.1 Å². The highest BCUT2D eigenvalue weighted by Crippen LogP contribution is 2.34. The van der Waals surface area contributed by atoms with Crippen molar-refractivity contribution in [3.05, 3.63) is 112 Å². The molecule has 1 heterocycles. The number of imidazole rings is 1. The van der Waals surface area contributed by atoms with Crippen LogP contribution in [0.2, 0.25) is 10.0 Å². The quantitative estimate of drug-likeness (QED) is 0.236. The van der Waals surface area contributed by atoms with Crippen LogP contribution >= 0.6 is 23.2 Å². The Balaban J connectivity index is 1.84. The van der Waals surface area contributed by atoms with Crippen LogP contribution in [0.1, 0.15) is 48.1 Å². The topological polar surface area (TPSA) is 64.2 Å². The third-order valence-electron chi connectivity index (χ3n) is 6.32. The highest BCUT2D eigenvalue weighted by atomic mass is 35.5. The molecule has 5 nitrogen and oxygen atoms in total. The van der Waals surface area contributed by atoms with Crippen molar-refractivity contribution in [1.29, 1.82) is 0 Å². The van der Waals surface area contributed by atoms with Gasteiger partial charge in [-0.1, -0.05) is 91.6 Å². The second-order valence-corrected chi connectivity index (χ2v) is 10.3. The van der Waals surface area contributed by atoms with Crippen LogP contribution in [0.4, 0.5) is 0 Å². The maximum Gasteiger partial charge on any atom is 0.255 e. The van der Waals surface area contributed by atoms with E-state index in [9.17, 15) is 4.79 Å². The fourth-order valence-corrected chi connectivity index (χ4v) is 4.98. The lowest BCUT2D eigenvalue weighted by molar-refractivity contribution is 0.0605. The van der Waals surface area contributed by atoms with E-state index in [1.807, 2.05) is 65.7 Å². The number of rotatable bonds is 10. The van der Waals surface area contributed by atoms with Crippen LogP contribution < -0.4 is 5.73 Å². The van der Waals surface area contributed by atoms with Crippen LogP contribution in [0.5, 0.6) is 0 Å². The molecular weight excluding hydrogens is 503 g/mol. The Morgan fingerprint density at radius 3 is 2.41 bits per heavy atom. The van der Waals surface area contributed by atoms with Crippen LogP contribution in [0.3, 0.4) is 0 Å². The molecule has 0 radical (unpaired) electrons. The summed E-state index contributed by atoms with van der Waals surface area (Å²) in [6.07, 6.45) is 2.71. The number of carbonyl (C=O) groups is 1. The number of aromatic nitrogens is 2. The number of halogens is 2. The Bertz CT molecular complexity index is 1340. The van der Waals surface area contributed by atoms with Gasteiger partial charge in [0, 0.05) is 29.9 Å². The van der Waals surface area contributed by atoms with E-state index in [0.29, 0.717) is 41.7 Å². The largest absolute Gasteiger partial charge is 0.330 e. The minimum absolute atomic E-state index is 0.0772. The summed E-state index contributed by atoms with van der Waals surface area (Å²) >= 11 is 12.8. The number of carbonyl (C=O) groups excluding carboxylic acids is 1. The monoisotopic (exact) mass is 534 g/mol. The van der Waals surface area contributed by atoms with Gasteiger partial charge in [-0.15, -0.1) is 0 Å². The Kier molecular flexibility index (Phi) is 9.04. The molecule has 0 aliphatic carbocycles. The van der Waals surface area contributed by atoms with Crippen molar-refractivity contribution in [3.8, 4) is 11.3 Å². The fraction of sp³-hybridized carbons (Fsp3) is 0.267. The third kappa shape index (κ3) is 6.42. The number of hydrogen-bond donors (Lipinski definition) is 1. The van der Waals surface area contributed by atoms with Gasteiger partial charge in [0.1, 0.15) is 5.82 Å². The second-order valence-electron chi connectivity index (χ2n) is 9.42. The van der Waals surface area contributed by atoms with Crippen LogP contribution in [0.15, 0.2) is 85.1 Å². The fourth-order valence-electron chi connectivity index (χ4n) is 4.58. The molecule has 0 aliphatic heterocycles. The molecule has 7 heteroatoms. The zero-order valence-electron chi connectivity index (χ0n) is 21.1.